The monoisotopic (exact) mass is 520 g/mol. The molecule has 0 spiro atoms. The van der Waals surface area contributed by atoms with Crippen molar-refractivity contribution in [2.75, 3.05) is 33.1 Å². The number of aliphatic imine (C=N–C) groups is 1. The molecular weight excluding hydrogens is 488 g/mol. The number of hydrogen-bond donors (Lipinski definition) is 1. The third-order valence-corrected chi connectivity index (χ3v) is 7.57. The summed E-state index contributed by atoms with van der Waals surface area (Å²) in [7, 11) is 4.95. The van der Waals surface area contributed by atoms with Crippen LogP contribution in [0.1, 0.15) is 40.0 Å². The Morgan fingerprint density at radius 1 is 1.19 bits per heavy atom. The predicted octanol–water partition coefficient (Wildman–Crippen LogP) is 4.30. The number of carbonyl (C=O) groups excluding carboxylic acids is 2. The Balaban J connectivity index is 1.41. The summed E-state index contributed by atoms with van der Waals surface area (Å²) in [6.45, 7) is 1.20. The number of thiophene rings is 1. The number of amides is 2. The second-order valence-corrected chi connectivity index (χ2v) is 9.89. The first-order valence-electron chi connectivity index (χ1n) is 12.3. The largest absolute Gasteiger partial charge is 0.497 e. The summed E-state index contributed by atoms with van der Waals surface area (Å²) in [5, 5.41) is 3.87. The zero-order valence-corrected chi connectivity index (χ0v) is 22.3. The lowest BCUT2D eigenvalue weighted by molar-refractivity contribution is -0.132. The van der Waals surface area contributed by atoms with E-state index in [1.807, 2.05) is 35.2 Å². The van der Waals surface area contributed by atoms with Gasteiger partial charge in [0.15, 0.2) is 0 Å². The lowest BCUT2D eigenvalue weighted by atomic mass is 10.0. The number of pyridine rings is 1. The number of benzene rings is 1. The van der Waals surface area contributed by atoms with E-state index in [2.05, 4.69) is 15.3 Å². The minimum atomic E-state index is -0.0846. The van der Waals surface area contributed by atoms with Crippen LogP contribution in [0, 0.1) is 0 Å². The number of nitrogens with one attached hydrogen (secondary N) is 1. The van der Waals surface area contributed by atoms with Crippen molar-refractivity contribution in [2.24, 2.45) is 4.99 Å². The van der Waals surface area contributed by atoms with Crippen molar-refractivity contribution in [3.05, 3.63) is 69.9 Å². The van der Waals surface area contributed by atoms with Crippen molar-refractivity contribution in [3.8, 4) is 11.5 Å². The molecule has 37 heavy (non-hydrogen) atoms. The number of rotatable bonds is 10. The minimum Gasteiger partial charge on any atom is -0.497 e. The van der Waals surface area contributed by atoms with Crippen molar-refractivity contribution in [1.29, 1.82) is 0 Å². The molecule has 2 aromatic heterocycles. The van der Waals surface area contributed by atoms with E-state index >= 15 is 0 Å². The van der Waals surface area contributed by atoms with E-state index in [4.69, 9.17) is 9.47 Å². The van der Waals surface area contributed by atoms with Crippen molar-refractivity contribution in [3.63, 3.8) is 0 Å². The summed E-state index contributed by atoms with van der Waals surface area (Å²) in [6, 6.07) is 9.45. The van der Waals surface area contributed by atoms with Crippen LogP contribution in [0.15, 0.2) is 47.7 Å². The molecule has 194 valence electrons. The maximum atomic E-state index is 12.9. The average molecular weight is 521 g/mol. The van der Waals surface area contributed by atoms with Crippen LogP contribution in [0.3, 0.4) is 0 Å². The van der Waals surface area contributed by atoms with Crippen molar-refractivity contribution < 1.29 is 19.1 Å². The third kappa shape index (κ3) is 6.54. The Morgan fingerprint density at radius 3 is 2.78 bits per heavy atom. The quantitative estimate of drug-likeness (QED) is 0.403. The molecule has 4 rings (SSSR count). The van der Waals surface area contributed by atoms with E-state index in [9.17, 15) is 9.59 Å². The molecule has 1 aliphatic rings. The van der Waals surface area contributed by atoms with Gasteiger partial charge < -0.3 is 19.7 Å². The number of anilines is 1. The molecule has 0 atom stereocenters. The Kier molecular flexibility index (Phi) is 8.90. The molecule has 0 bridgehead atoms. The second kappa shape index (κ2) is 12.5. The smallest absolute Gasteiger partial charge is 0.225 e. The molecule has 0 unspecified atom stereocenters. The molecule has 1 N–H and O–H groups in total. The van der Waals surface area contributed by atoms with Gasteiger partial charge in [-0.25, -0.2) is 0 Å². The molecule has 2 amide bonds. The van der Waals surface area contributed by atoms with Crippen LogP contribution in [0.5, 0.6) is 11.5 Å². The molecule has 0 aliphatic carbocycles. The SMILES string of the molecule is CN=Cc1c(NC(=O)CCc2cc(OC)ccc2OC)sc2c1CCN(C(=O)CCc1cccnc1)C2. The van der Waals surface area contributed by atoms with Crippen LogP contribution < -0.4 is 14.8 Å². The van der Waals surface area contributed by atoms with Gasteiger partial charge in [0.2, 0.25) is 11.8 Å². The first-order valence-corrected chi connectivity index (χ1v) is 13.1. The van der Waals surface area contributed by atoms with Gasteiger partial charge in [-0.05, 0) is 60.2 Å². The molecule has 0 saturated carbocycles. The van der Waals surface area contributed by atoms with E-state index < -0.39 is 0 Å². The summed E-state index contributed by atoms with van der Waals surface area (Å²) in [6.07, 6.45) is 8.02. The Hall–Kier alpha value is -3.72. The normalized spacial score (nSPS) is 12.9. The van der Waals surface area contributed by atoms with Crippen LogP contribution >= 0.6 is 11.3 Å². The number of aryl methyl sites for hydroxylation is 2. The summed E-state index contributed by atoms with van der Waals surface area (Å²) >= 11 is 1.53. The summed E-state index contributed by atoms with van der Waals surface area (Å²) in [4.78, 5) is 37.1. The second-order valence-electron chi connectivity index (χ2n) is 8.79. The summed E-state index contributed by atoms with van der Waals surface area (Å²) in [5.74, 6) is 1.50. The maximum Gasteiger partial charge on any atom is 0.225 e. The molecule has 1 aliphatic heterocycles. The predicted molar refractivity (Wildman–Crippen MR) is 146 cm³/mol. The van der Waals surface area contributed by atoms with E-state index in [0.29, 0.717) is 38.8 Å². The van der Waals surface area contributed by atoms with E-state index in [-0.39, 0.29) is 11.8 Å². The molecular formula is C28H32N4O4S. The van der Waals surface area contributed by atoms with Gasteiger partial charge >= 0.3 is 0 Å². The zero-order valence-electron chi connectivity index (χ0n) is 21.5. The summed E-state index contributed by atoms with van der Waals surface area (Å²) in [5.41, 5.74) is 4.08. The number of methoxy groups -OCH3 is 2. The number of fused-ring (bicyclic) bond motifs is 1. The Labute approximate surface area is 221 Å². The van der Waals surface area contributed by atoms with Crippen molar-refractivity contribution >= 4 is 34.4 Å². The lowest BCUT2D eigenvalue weighted by Gasteiger charge is -2.27. The highest BCUT2D eigenvalue weighted by atomic mass is 32.1. The van der Waals surface area contributed by atoms with E-state index in [0.717, 1.165) is 50.1 Å². The van der Waals surface area contributed by atoms with Crippen LogP contribution in [0.4, 0.5) is 5.00 Å². The molecule has 9 heteroatoms. The minimum absolute atomic E-state index is 0.0846. The molecule has 0 saturated heterocycles. The fourth-order valence-corrected chi connectivity index (χ4v) is 5.72. The van der Waals surface area contributed by atoms with Crippen LogP contribution in [0.2, 0.25) is 0 Å². The van der Waals surface area contributed by atoms with Crippen LogP contribution in [-0.4, -0.2) is 55.7 Å². The average Bonchev–Trinajstić information content (AvgIpc) is 3.26. The lowest BCUT2D eigenvalue weighted by Crippen LogP contribution is -2.35. The third-order valence-electron chi connectivity index (χ3n) is 6.42. The molecule has 3 heterocycles. The zero-order chi connectivity index (χ0) is 26.2. The number of nitrogens with zero attached hydrogens (tertiary/aromatic N) is 3. The van der Waals surface area contributed by atoms with Gasteiger partial charge in [0.1, 0.15) is 16.5 Å². The number of carbonyl (C=O) groups is 2. The van der Waals surface area contributed by atoms with Gasteiger partial charge in [-0.15, -0.1) is 11.3 Å². The van der Waals surface area contributed by atoms with Crippen molar-refractivity contribution in [1.82, 2.24) is 9.88 Å². The molecule has 3 aromatic rings. The standard InChI is InChI=1S/C28H32N4O4S/c1-29-17-23-22-12-14-32(27(34)11-6-19-5-4-13-30-16-19)18-25(22)37-28(23)31-26(33)10-7-20-15-21(35-2)8-9-24(20)36-3/h4-5,8-9,13,15-17H,6-7,10-12,14,18H2,1-3H3,(H,31,33). The van der Waals surface area contributed by atoms with Gasteiger partial charge in [-0.3, -0.25) is 19.6 Å². The van der Waals surface area contributed by atoms with Gasteiger partial charge in [0.05, 0.1) is 20.8 Å². The number of aromatic nitrogens is 1. The summed E-state index contributed by atoms with van der Waals surface area (Å²) < 4.78 is 10.7. The highest BCUT2D eigenvalue weighted by Crippen LogP contribution is 2.36. The van der Waals surface area contributed by atoms with Crippen LogP contribution in [0.25, 0.3) is 0 Å². The topological polar surface area (TPSA) is 93.1 Å². The highest BCUT2D eigenvalue weighted by Gasteiger charge is 2.26. The first kappa shape index (κ1) is 26.3. The van der Waals surface area contributed by atoms with E-state index in [1.54, 1.807) is 39.9 Å². The molecule has 0 radical (unpaired) electrons. The van der Waals surface area contributed by atoms with Gasteiger partial charge in [0.25, 0.3) is 0 Å². The van der Waals surface area contributed by atoms with Gasteiger partial charge in [-0.2, -0.15) is 0 Å². The molecule has 0 fully saturated rings. The fraction of sp³-hybridized carbons (Fsp3) is 0.357. The number of hydrogen-bond acceptors (Lipinski definition) is 7. The maximum absolute atomic E-state index is 12.9. The highest BCUT2D eigenvalue weighted by molar-refractivity contribution is 7.16. The molecule has 1 aromatic carbocycles. The fourth-order valence-electron chi connectivity index (χ4n) is 4.47. The molecule has 8 nitrogen and oxygen atoms in total. The number of ether oxygens (including phenoxy) is 2. The van der Waals surface area contributed by atoms with E-state index in [1.165, 1.54) is 11.3 Å². The Bertz CT molecular complexity index is 1270. The van der Waals surface area contributed by atoms with Gasteiger partial charge in [-0.1, -0.05) is 6.07 Å². The van der Waals surface area contributed by atoms with Gasteiger partial charge in [0, 0.05) is 55.5 Å². The Morgan fingerprint density at radius 2 is 2.05 bits per heavy atom. The first-order chi connectivity index (χ1) is 18.0. The van der Waals surface area contributed by atoms with Crippen molar-refractivity contribution in [2.45, 2.75) is 38.6 Å². The van der Waals surface area contributed by atoms with Crippen LogP contribution in [-0.2, 0) is 35.4 Å².